The molecule has 1 heterocycles. The molecule has 0 atom stereocenters. The Morgan fingerprint density at radius 3 is 2.73 bits per heavy atom. The maximum atomic E-state index is 12.0. The number of amides is 2. The van der Waals surface area contributed by atoms with Gasteiger partial charge in [-0.2, -0.15) is 5.10 Å². The lowest BCUT2D eigenvalue weighted by Crippen LogP contribution is -2.18. The number of carbonyl (C=O) groups is 2. The normalized spacial score (nSPS) is 10.4. The van der Waals surface area contributed by atoms with E-state index in [0.29, 0.717) is 17.7 Å². The summed E-state index contributed by atoms with van der Waals surface area (Å²) in [7, 11) is 0. The molecule has 0 saturated heterocycles. The van der Waals surface area contributed by atoms with Crippen molar-refractivity contribution in [2.75, 3.05) is 5.32 Å². The maximum absolute atomic E-state index is 12.0. The molecule has 22 heavy (non-hydrogen) atoms. The van der Waals surface area contributed by atoms with E-state index in [4.69, 9.17) is 0 Å². The standard InChI is InChI=1S/C16H16N4O2/c1-2-15(21)19-14-5-3-4-13(10-14)16(22)20-18-11-12-6-8-17-9-7-12/h3-11H,2H2,1H3,(H,19,21)(H,20,22). The van der Waals surface area contributed by atoms with E-state index >= 15 is 0 Å². The number of hydrazone groups is 1. The van der Waals surface area contributed by atoms with E-state index in [1.165, 1.54) is 6.21 Å². The summed E-state index contributed by atoms with van der Waals surface area (Å²) in [4.78, 5) is 27.2. The molecule has 1 aromatic heterocycles. The van der Waals surface area contributed by atoms with Gasteiger partial charge in [-0.25, -0.2) is 5.43 Å². The predicted octanol–water partition coefficient (Wildman–Crippen LogP) is 2.19. The van der Waals surface area contributed by atoms with E-state index in [9.17, 15) is 9.59 Å². The molecule has 1 aromatic carbocycles. The summed E-state index contributed by atoms with van der Waals surface area (Å²) < 4.78 is 0. The number of anilines is 1. The van der Waals surface area contributed by atoms with Crippen molar-refractivity contribution in [3.63, 3.8) is 0 Å². The molecule has 2 amide bonds. The summed E-state index contributed by atoms with van der Waals surface area (Å²) >= 11 is 0. The molecule has 6 heteroatoms. The van der Waals surface area contributed by atoms with Gasteiger partial charge in [-0.15, -0.1) is 0 Å². The van der Waals surface area contributed by atoms with Crippen LogP contribution in [0, 0.1) is 0 Å². The molecule has 2 aromatic rings. The summed E-state index contributed by atoms with van der Waals surface area (Å²) in [6, 6.07) is 10.2. The van der Waals surface area contributed by atoms with Crippen molar-refractivity contribution >= 4 is 23.7 Å². The van der Waals surface area contributed by atoms with Crippen LogP contribution in [-0.4, -0.2) is 23.0 Å². The lowest BCUT2D eigenvalue weighted by atomic mass is 10.2. The summed E-state index contributed by atoms with van der Waals surface area (Å²) in [5.74, 6) is -0.453. The number of carbonyl (C=O) groups excluding carboxylic acids is 2. The molecule has 0 saturated carbocycles. The zero-order valence-electron chi connectivity index (χ0n) is 12.1. The van der Waals surface area contributed by atoms with Gasteiger partial charge >= 0.3 is 0 Å². The fraction of sp³-hybridized carbons (Fsp3) is 0.125. The Balaban J connectivity index is 1.99. The van der Waals surface area contributed by atoms with Gasteiger partial charge in [0.25, 0.3) is 5.91 Å². The van der Waals surface area contributed by atoms with Crippen molar-refractivity contribution in [2.24, 2.45) is 5.10 Å². The van der Waals surface area contributed by atoms with Crippen LogP contribution in [0.1, 0.15) is 29.3 Å². The van der Waals surface area contributed by atoms with Gasteiger partial charge in [-0.05, 0) is 35.9 Å². The Morgan fingerprint density at radius 2 is 2.00 bits per heavy atom. The zero-order chi connectivity index (χ0) is 15.8. The Morgan fingerprint density at radius 1 is 1.23 bits per heavy atom. The molecule has 0 aliphatic heterocycles. The first-order valence-electron chi connectivity index (χ1n) is 6.82. The zero-order valence-corrected chi connectivity index (χ0v) is 12.1. The molecule has 0 aliphatic carbocycles. The lowest BCUT2D eigenvalue weighted by Gasteiger charge is -2.05. The van der Waals surface area contributed by atoms with Gasteiger partial charge in [0.15, 0.2) is 0 Å². The molecule has 0 fully saturated rings. The van der Waals surface area contributed by atoms with Crippen molar-refractivity contribution in [1.82, 2.24) is 10.4 Å². The SMILES string of the molecule is CCC(=O)Nc1cccc(C(=O)NN=Cc2ccncc2)c1. The first-order chi connectivity index (χ1) is 10.7. The monoisotopic (exact) mass is 296 g/mol. The van der Waals surface area contributed by atoms with Gasteiger partial charge in [0.2, 0.25) is 5.91 Å². The predicted molar refractivity (Wildman–Crippen MR) is 84.7 cm³/mol. The minimum atomic E-state index is -0.349. The number of hydrogen-bond donors (Lipinski definition) is 2. The minimum Gasteiger partial charge on any atom is -0.326 e. The van der Waals surface area contributed by atoms with Gasteiger partial charge in [-0.3, -0.25) is 14.6 Å². The highest BCUT2D eigenvalue weighted by Gasteiger charge is 2.06. The quantitative estimate of drug-likeness (QED) is 0.655. The third kappa shape index (κ3) is 4.52. The summed E-state index contributed by atoms with van der Waals surface area (Å²) in [5, 5.41) is 6.59. The number of nitrogens with zero attached hydrogens (tertiary/aromatic N) is 2. The van der Waals surface area contributed by atoms with Crippen LogP contribution in [0.5, 0.6) is 0 Å². The van der Waals surface area contributed by atoms with Crippen molar-refractivity contribution in [3.8, 4) is 0 Å². The Kier molecular flexibility index (Phi) is 5.37. The molecule has 6 nitrogen and oxygen atoms in total. The third-order valence-corrected chi connectivity index (χ3v) is 2.82. The van der Waals surface area contributed by atoms with Crippen LogP contribution in [0.15, 0.2) is 53.9 Å². The Bertz CT molecular complexity index is 684. The minimum absolute atomic E-state index is 0.103. The highest BCUT2D eigenvalue weighted by molar-refractivity contribution is 5.97. The first kappa shape index (κ1) is 15.4. The van der Waals surface area contributed by atoms with Crippen LogP contribution in [0.4, 0.5) is 5.69 Å². The van der Waals surface area contributed by atoms with Crippen LogP contribution >= 0.6 is 0 Å². The van der Waals surface area contributed by atoms with E-state index in [0.717, 1.165) is 5.56 Å². The van der Waals surface area contributed by atoms with Gasteiger partial charge in [-0.1, -0.05) is 13.0 Å². The van der Waals surface area contributed by atoms with Crippen LogP contribution in [-0.2, 0) is 4.79 Å². The highest BCUT2D eigenvalue weighted by Crippen LogP contribution is 2.11. The maximum Gasteiger partial charge on any atom is 0.271 e. The second-order valence-corrected chi connectivity index (χ2v) is 4.46. The van der Waals surface area contributed by atoms with Gasteiger partial charge in [0.05, 0.1) is 6.21 Å². The number of rotatable bonds is 5. The Labute approximate surface area is 128 Å². The smallest absolute Gasteiger partial charge is 0.271 e. The summed E-state index contributed by atoms with van der Waals surface area (Å²) in [5.41, 5.74) is 4.27. The molecule has 0 aliphatic rings. The van der Waals surface area contributed by atoms with Crippen LogP contribution in [0.3, 0.4) is 0 Å². The molecule has 0 bridgehead atoms. The van der Waals surface area contributed by atoms with Crippen LogP contribution in [0.25, 0.3) is 0 Å². The molecule has 2 N–H and O–H groups in total. The summed E-state index contributed by atoms with van der Waals surface area (Å²) in [6.45, 7) is 1.76. The molecule has 0 unspecified atom stereocenters. The van der Waals surface area contributed by atoms with Crippen molar-refractivity contribution < 1.29 is 9.59 Å². The molecule has 0 radical (unpaired) electrons. The molecule has 0 spiro atoms. The number of pyridine rings is 1. The van der Waals surface area contributed by atoms with E-state index in [1.807, 2.05) is 0 Å². The third-order valence-electron chi connectivity index (χ3n) is 2.82. The lowest BCUT2D eigenvalue weighted by molar-refractivity contribution is -0.115. The molecular weight excluding hydrogens is 280 g/mol. The fourth-order valence-electron chi connectivity index (χ4n) is 1.67. The number of hydrogen-bond acceptors (Lipinski definition) is 4. The molecule has 2 rings (SSSR count). The number of benzene rings is 1. The molecular formula is C16H16N4O2. The topological polar surface area (TPSA) is 83.5 Å². The Hall–Kier alpha value is -3.02. The average molecular weight is 296 g/mol. The second kappa shape index (κ2) is 7.68. The van der Waals surface area contributed by atoms with Crippen molar-refractivity contribution in [2.45, 2.75) is 13.3 Å². The first-order valence-corrected chi connectivity index (χ1v) is 6.82. The number of nitrogens with one attached hydrogen (secondary N) is 2. The van der Waals surface area contributed by atoms with Crippen LogP contribution in [0.2, 0.25) is 0 Å². The average Bonchev–Trinajstić information content (AvgIpc) is 2.56. The van der Waals surface area contributed by atoms with Crippen molar-refractivity contribution in [1.29, 1.82) is 0 Å². The largest absolute Gasteiger partial charge is 0.326 e. The van der Waals surface area contributed by atoms with E-state index in [2.05, 4.69) is 20.8 Å². The van der Waals surface area contributed by atoms with Crippen LogP contribution < -0.4 is 10.7 Å². The van der Waals surface area contributed by atoms with Crippen molar-refractivity contribution in [3.05, 3.63) is 59.9 Å². The van der Waals surface area contributed by atoms with Gasteiger partial charge < -0.3 is 5.32 Å². The van der Waals surface area contributed by atoms with Gasteiger partial charge in [0, 0.05) is 30.1 Å². The summed E-state index contributed by atoms with van der Waals surface area (Å²) in [6.07, 6.45) is 5.20. The van der Waals surface area contributed by atoms with E-state index < -0.39 is 0 Å². The molecule has 112 valence electrons. The fourth-order valence-corrected chi connectivity index (χ4v) is 1.67. The highest BCUT2D eigenvalue weighted by atomic mass is 16.2. The van der Waals surface area contributed by atoms with Gasteiger partial charge in [0.1, 0.15) is 0 Å². The van der Waals surface area contributed by atoms with E-state index in [1.54, 1.807) is 55.7 Å². The second-order valence-electron chi connectivity index (χ2n) is 4.46. The van der Waals surface area contributed by atoms with E-state index in [-0.39, 0.29) is 11.8 Å². The number of aromatic nitrogens is 1.